The highest BCUT2D eigenvalue weighted by atomic mass is 16.5. The lowest BCUT2D eigenvalue weighted by Crippen LogP contribution is -2.41. The first-order chi connectivity index (χ1) is 12.7. The molecule has 26 heavy (non-hydrogen) atoms. The average molecular weight is 354 g/mol. The average Bonchev–Trinajstić information content (AvgIpc) is 3.40. The third-order valence-electron chi connectivity index (χ3n) is 5.03. The molecule has 2 heterocycles. The minimum absolute atomic E-state index is 0.0911. The molecule has 6 nitrogen and oxygen atoms in total. The summed E-state index contributed by atoms with van der Waals surface area (Å²) in [5.74, 6) is 0.435. The molecule has 1 N–H and O–H groups in total. The van der Waals surface area contributed by atoms with Crippen molar-refractivity contribution in [3.05, 3.63) is 47.3 Å². The van der Waals surface area contributed by atoms with Crippen LogP contribution in [0.15, 0.2) is 30.3 Å². The van der Waals surface area contributed by atoms with Crippen molar-refractivity contribution in [2.24, 2.45) is 0 Å². The van der Waals surface area contributed by atoms with Crippen LogP contribution in [0.5, 0.6) is 0 Å². The van der Waals surface area contributed by atoms with Crippen LogP contribution in [0, 0.1) is 6.92 Å². The Hall–Kier alpha value is -2.18. The monoisotopic (exact) mass is 354 g/mol. The largest absolute Gasteiger partial charge is 0.379 e. The number of aromatic nitrogens is 2. The zero-order chi connectivity index (χ0) is 17.9. The molecule has 0 unspecified atom stereocenters. The second kappa shape index (κ2) is 7.60. The Kier molecular flexibility index (Phi) is 5.04. The summed E-state index contributed by atoms with van der Waals surface area (Å²) >= 11 is 0. The molecule has 1 aromatic heterocycles. The molecule has 4 rings (SSSR count). The van der Waals surface area contributed by atoms with Gasteiger partial charge in [-0.15, -0.1) is 0 Å². The summed E-state index contributed by atoms with van der Waals surface area (Å²) in [6, 6.07) is 10.2. The maximum Gasteiger partial charge on any atom is 0.271 e. The highest BCUT2D eigenvalue weighted by Crippen LogP contribution is 2.41. The van der Waals surface area contributed by atoms with Crippen molar-refractivity contribution in [3.63, 3.8) is 0 Å². The van der Waals surface area contributed by atoms with Crippen molar-refractivity contribution in [2.75, 3.05) is 39.4 Å². The van der Waals surface area contributed by atoms with E-state index in [1.54, 1.807) is 0 Å². The Morgan fingerprint density at radius 3 is 2.81 bits per heavy atom. The van der Waals surface area contributed by atoms with Crippen molar-refractivity contribution in [3.8, 4) is 5.69 Å². The third kappa shape index (κ3) is 3.97. The number of ether oxygens (including phenoxy) is 1. The summed E-state index contributed by atoms with van der Waals surface area (Å²) < 4.78 is 7.30. The number of nitrogens with zero attached hydrogens (tertiary/aromatic N) is 3. The van der Waals surface area contributed by atoms with Gasteiger partial charge in [-0.2, -0.15) is 5.10 Å². The lowest BCUT2D eigenvalue weighted by atomic mass is 10.2. The van der Waals surface area contributed by atoms with Gasteiger partial charge in [0.25, 0.3) is 5.91 Å². The van der Waals surface area contributed by atoms with E-state index >= 15 is 0 Å². The molecule has 1 aliphatic carbocycles. The van der Waals surface area contributed by atoms with E-state index in [0.717, 1.165) is 44.2 Å². The van der Waals surface area contributed by atoms with Gasteiger partial charge < -0.3 is 10.1 Å². The van der Waals surface area contributed by atoms with Gasteiger partial charge in [-0.1, -0.05) is 12.1 Å². The first-order valence-corrected chi connectivity index (χ1v) is 9.46. The molecule has 0 spiro atoms. The van der Waals surface area contributed by atoms with Crippen LogP contribution in [0.4, 0.5) is 0 Å². The van der Waals surface area contributed by atoms with E-state index in [4.69, 9.17) is 4.74 Å². The molecule has 0 bridgehead atoms. The van der Waals surface area contributed by atoms with Gasteiger partial charge in [-0.3, -0.25) is 9.69 Å². The van der Waals surface area contributed by atoms with E-state index < -0.39 is 0 Å². The predicted octanol–water partition coefficient (Wildman–Crippen LogP) is 2.12. The fraction of sp³-hybridized carbons (Fsp3) is 0.500. The predicted molar refractivity (Wildman–Crippen MR) is 99.9 cm³/mol. The second-order valence-electron chi connectivity index (χ2n) is 7.19. The van der Waals surface area contributed by atoms with Gasteiger partial charge in [0.15, 0.2) is 5.69 Å². The minimum atomic E-state index is -0.0911. The van der Waals surface area contributed by atoms with Crippen LogP contribution in [0.25, 0.3) is 5.69 Å². The summed E-state index contributed by atoms with van der Waals surface area (Å²) in [6.07, 6.45) is 2.35. The van der Waals surface area contributed by atoms with Crippen molar-refractivity contribution in [2.45, 2.75) is 25.7 Å². The van der Waals surface area contributed by atoms with Crippen LogP contribution >= 0.6 is 0 Å². The highest BCUT2D eigenvalue weighted by molar-refractivity contribution is 5.92. The smallest absolute Gasteiger partial charge is 0.271 e. The number of hydrogen-bond donors (Lipinski definition) is 1. The van der Waals surface area contributed by atoms with Crippen LogP contribution in [-0.2, 0) is 4.74 Å². The fourth-order valence-corrected chi connectivity index (χ4v) is 3.39. The molecular weight excluding hydrogens is 328 g/mol. The molecule has 1 amide bonds. The van der Waals surface area contributed by atoms with E-state index in [2.05, 4.69) is 34.4 Å². The number of morpholine rings is 1. The minimum Gasteiger partial charge on any atom is -0.379 e. The van der Waals surface area contributed by atoms with E-state index in [-0.39, 0.29) is 5.91 Å². The normalized spacial score (nSPS) is 18.0. The number of hydrogen-bond acceptors (Lipinski definition) is 4. The van der Waals surface area contributed by atoms with Crippen LogP contribution < -0.4 is 5.32 Å². The summed E-state index contributed by atoms with van der Waals surface area (Å²) in [5, 5.41) is 7.63. The summed E-state index contributed by atoms with van der Waals surface area (Å²) in [6.45, 7) is 6.98. The van der Waals surface area contributed by atoms with Crippen LogP contribution in [-0.4, -0.2) is 60.0 Å². The molecule has 2 aliphatic rings. The number of nitrogens with one attached hydrogen (secondary N) is 1. The molecule has 138 valence electrons. The van der Waals surface area contributed by atoms with Crippen molar-refractivity contribution in [1.29, 1.82) is 0 Å². The Labute approximate surface area is 154 Å². The van der Waals surface area contributed by atoms with Crippen LogP contribution in [0.2, 0.25) is 0 Å². The fourth-order valence-electron chi connectivity index (χ4n) is 3.39. The topological polar surface area (TPSA) is 59.4 Å². The molecule has 6 heteroatoms. The number of carbonyl (C=O) groups is 1. The molecule has 2 fully saturated rings. The van der Waals surface area contributed by atoms with E-state index in [1.165, 1.54) is 18.4 Å². The second-order valence-corrected chi connectivity index (χ2v) is 7.19. The maximum atomic E-state index is 12.6. The first kappa shape index (κ1) is 17.2. The van der Waals surface area contributed by atoms with Gasteiger partial charge in [-0.25, -0.2) is 4.68 Å². The molecule has 0 radical (unpaired) electrons. The lowest BCUT2D eigenvalue weighted by Gasteiger charge is -2.26. The Balaban J connectivity index is 1.44. The van der Waals surface area contributed by atoms with Gasteiger partial charge in [0, 0.05) is 37.8 Å². The number of amides is 1. The standard InChI is InChI=1S/C20H26N4O2/c1-15-3-2-4-17(13-15)24-19(16-5-6-16)14-18(22-24)20(25)21-7-8-23-9-11-26-12-10-23/h2-4,13-14,16H,5-12H2,1H3,(H,21,25). The van der Waals surface area contributed by atoms with Crippen molar-refractivity contribution in [1.82, 2.24) is 20.0 Å². The third-order valence-corrected chi connectivity index (χ3v) is 5.03. The van der Waals surface area contributed by atoms with Crippen LogP contribution in [0.3, 0.4) is 0 Å². The molecule has 1 saturated heterocycles. The quantitative estimate of drug-likeness (QED) is 0.863. The summed E-state index contributed by atoms with van der Waals surface area (Å²) in [7, 11) is 0. The maximum absolute atomic E-state index is 12.6. The first-order valence-electron chi connectivity index (χ1n) is 9.46. The number of benzene rings is 1. The Bertz CT molecular complexity index is 776. The van der Waals surface area contributed by atoms with E-state index in [9.17, 15) is 4.79 Å². The molecular formula is C20H26N4O2. The summed E-state index contributed by atoms with van der Waals surface area (Å²) in [4.78, 5) is 14.9. The van der Waals surface area contributed by atoms with Gasteiger partial charge >= 0.3 is 0 Å². The van der Waals surface area contributed by atoms with Crippen molar-refractivity contribution >= 4 is 5.91 Å². The zero-order valence-corrected chi connectivity index (χ0v) is 15.3. The van der Waals surface area contributed by atoms with Crippen molar-refractivity contribution < 1.29 is 9.53 Å². The molecule has 1 aliphatic heterocycles. The lowest BCUT2D eigenvalue weighted by molar-refractivity contribution is 0.0383. The summed E-state index contributed by atoms with van der Waals surface area (Å²) in [5.41, 5.74) is 3.87. The van der Waals surface area contributed by atoms with Gasteiger partial charge in [0.2, 0.25) is 0 Å². The molecule has 1 saturated carbocycles. The van der Waals surface area contributed by atoms with Gasteiger partial charge in [0.1, 0.15) is 0 Å². The number of carbonyl (C=O) groups excluding carboxylic acids is 1. The number of rotatable bonds is 6. The molecule has 0 atom stereocenters. The van der Waals surface area contributed by atoms with Crippen LogP contribution in [0.1, 0.15) is 40.5 Å². The van der Waals surface area contributed by atoms with E-state index in [1.807, 2.05) is 22.9 Å². The van der Waals surface area contributed by atoms with Gasteiger partial charge in [0.05, 0.1) is 18.9 Å². The zero-order valence-electron chi connectivity index (χ0n) is 15.3. The SMILES string of the molecule is Cc1cccc(-n2nc(C(=O)NCCN3CCOCC3)cc2C2CC2)c1. The molecule has 2 aromatic rings. The molecule has 1 aromatic carbocycles. The number of aryl methyl sites for hydroxylation is 1. The van der Waals surface area contributed by atoms with E-state index in [0.29, 0.717) is 18.2 Å². The Morgan fingerprint density at radius 1 is 1.27 bits per heavy atom. The van der Waals surface area contributed by atoms with Gasteiger partial charge in [-0.05, 0) is 43.5 Å². The highest BCUT2D eigenvalue weighted by Gasteiger charge is 2.29. The Morgan fingerprint density at radius 2 is 2.08 bits per heavy atom.